The van der Waals surface area contributed by atoms with Gasteiger partial charge in [-0.1, -0.05) is 23.9 Å². The smallest absolute Gasteiger partial charge is 0.233 e. The topological polar surface area (TPSA) is 85.2 Å². The SMILES string of the molecule is CN(C(=O)CSc1nnc(-c2ccccc2F)n1C)[C@H]1CCS(=O)(=O)C1. The molecule has 0 aliphatic carbocycles. The van der Waals surface area contributed by atoms with Crippen LogP contribution in [0.3, 0.4) is 0 Å². The van der Waals surface area contributed by atoms with Crippen molar-refractivity contribution in [1.82, 2.24) is 19.7 Å². The number of nitrogens with zero attached hydrogens (tertiary/aromatic N) is 4. The summed E-state index contributed by atoms with van der Waals surface area (Å²) in [6.07, 6.45) is 0.469. The summed E-state index contributed by atoms with van der Waals surface area (Å²) in [6.45, 7) is 0. The van der Waals surface area contributed by atoms with E-state index in [0.717, 1.165) is 0 Å². The van der Waals surface area contributed by atoms with Crippen LogP contribution in [0.2, 0.25) is 0 Å². The minimum absolute atomic E-state index is 0.0152. The van der Waals surface area contributed by atoms with E-state index in [4.69, 9.17) is 0 Å². The Hall–Kier alpha value is -1.94. The molecule has 0 radical (unpaired) electrons. The van der Waals surface area contributed by atoms with Crippen LogP contribution in [-0.2, 0) is 21.7 Å². The van der Waals surface area contributed by atoms with Gasteiger partial charge in [0.15, 0.2) is 20.8 Å². The van der Waals surface area contributed by atoms with Crippen LogP contribution in [0.4, 0.5) is 4.39 Å². The molecule has 0 bridgehead atoms. The first kappa shape index (κ1) is 18.8. The fourth-order valence-electron chi connectivity index (χ4n) is 2.83. The molecule has 3 rings (SSSR count). The van der Waals surface area contributed by atoms with Crippen molar-refractivity contribution in [1.29, 1.82) is 0 Å². The number of carbonyl (C=O) groups is 1. The molecule has 1 atom stereocenters. The normalized spacial score (nSPS) is 18.8. The molecule has 0 N–H and O–H groups in total. The molecule has 1 fully saturated rings. The Morgan fingerprint density at radius 1 is 1.38 bits per heavy atom. The van der Waals surface area contributed by atoms with Gasteiger partial charge < -0.3 is 9.47 Å². The third kappa shape index (κ3) is 3.90. The number of sulfone groups is 1. The molecule has 1 aliphatic heterocycles. The van der Waals surface area contributed by atoms with Crippen molar-refractivity contribution < 1.29 is 17.6 Å². The molecule has 1 aliphatic rings. The summed E-state index contributed by atoms with van der Waals surface area (Å²) in [6, 6.07) is 6.01. The van der Waals surface area contributed by atoms with E-state index in [2.05, 4.69) is 10.2 Å². The summed E-state index contributed by atoms with van der Waals surface area (Å²) < 4.78 is 38.7. The average Bonchev–Trinajstić information content (AvgIpc) is 3.15. The third-order valence-corrected chi connectivity index (χ3v) is 7.18. The lowest BCUT2D eigenvalue weighted by Crippen LogP contribution is -2.38. The lowest BCUT2D eigenvalue weighted by atomic mass is 10.2. The highest BCUT2D eigenvalue weighted by Crippen LogP contribution is 2.25. The quantitative estimate of drug-likeness (QED) is 0.707. The molecule has 1 aromatic heterocycles. The average molecular weight is 398 g/mol. The fourth-order valence-corrected chi connectivity index (χ4v) is 5.44. The Kier molecular flexibility index (Phi) is 5.33. The van der Waals surface area contributed by atoms with Gasteiger partial charge >= 0.3 is 0 Å². The van der Waals surface area contributed by atoms with Gasteiger partial charge in [-0.2, -0.15) is 0 Å². The van der Waals surface area contributed by atoms with Crippen LogP contribution in [0.15, 0.2) is 29.4 Å². The van der Waals surface area contributed by atoms with Crippen molar-refractivity contribution in [2.45, 2.75) is 17.6 Å². The number of carbonyl (C=O) groups excluding carboxylic acids is 1. The maximum absolute atomic E-state index is 13.9. The van der Waals surface area contributed by atoms with Crippen molar-refractivity contribution in [3.8, 4) is 11.4 Å². The number of rotatable bonds is 5. The largest absolute Gasteiger partial charge is 0.341 e. The molecule has 0 saturated carbocycles. The number of benzene rings is 1. The first-order valence-electron chi connectivity index (χ1n) is 8.01. The highest BCUT2D eigenvalue weighted by atomic mass is 32.2. The lowest BCUT2D eigenvalue weighted by molar-refractivity contribution is -0.128. The van der Waals surface area contributed by atoms with Crippen molar-refractivity contribution in [2.75, 3.05) is 24.3 Å². The Morgan fingerprint density at radius 2 is 2.12 bits per heavy atom. The van der Waals surface area contributed by atoms with Gasteiger partial charge in [-0.05, 0) is 18.6 Å². The number of hydrogen-bond acceptors (Lipinski definition) is 6. The van der Waals surface area contributed by atoms with Gasteiger partial charge in [0.05, 0.1) is 22.8 Å². The molecular formula is C16H19FN4O3S2. The molecular weight excluding hydrogens is 379 g/mol. The zero-order valence-corrected chi connectivity index (χ0v) is 16.1. The minimum Gasteiger partial charge on any atom is -0.341 e. The van der Waals surface area contributed by atoms with E-state index >= 15 is 0 Å². The summed E-state index contributed by atoms with van der Waals surface area (Å²) >= 11 is 1.19. The van der Waals surface area contributed by atoms with Crippen LogP contribution in [0.1, 0.15) is 6.42 Å². The maximum Gasteiger partial charge on any atom is 0.233 e. The number of amides is 1. The molecule has 7 nitrogen and oxygen atoms in total. The summed E-state index contributed by atoms with van der Waals surface area (Å²) in [4.78, 5) is 13.8. The highest BCUT2D eigenvalue weighted by Gasteiger charge is 2.32. The van der Waals surface area contributed by atoms with Crippen LogP contribution in [0.25, 0.3) is 11.4 Å². The second-order valence-corrected chi connectivity index (χ2v) is 9.37. The Balaban J connectivity index is 1.65. The summed E-state index contributed by atoms with van der Waals surface area (Å²) in [7, 11) is 0.289. The van der Waals surface area contributed by atoms with Gasteiger partial charge in [0.25, 0.3) is 0 Å². The van der Waals surface area contributed by atoms with Gasteiger partial charge in [-0.25, -0.2) is 12.8 Å². The van der Waals surface area contributed by atoms with Crippen molar-refractivity contribution in [3.63, 3.8) is 0 Å². The number of hydrogen-bond donors (Lipinski definition) is 0. The van der Waals surface area contributed by atoms with Crippen LogP contribution in [0, 0.1) is 5.82 Å². The molecule has 1 aromatic carbocycles. The van der Waals surface area contributed by atoms with Crippen molar-refractivity contribution in [2.24, 2.45) is 7.05 Å². The Bertz CT molecular complexity index is 929. The second-order valence-electron chi connectivity index (χ2n) is 6.20. The van der Waals surface area contributed by atoms with E-state index < -0.39 is 15.7 Å². The van der Waals surface area contributed by atoms with Crippen molar-refractivity contribution in [3.05, 3.63) is 30.1 Å². The molecule has 1 amide bonds. The van der Waals surface area contributed by atoms with Gasteiger partial charge in [0.2, 0.25) is 5.91 Å². The minimum atomic E-state index is -3.04. The van der Waals surface area contributed by atoms with E-state index in [0.29, 0.717) is 23.0 Å². The molecule has 26 heavy (non-hydrogen) atoms. The maximum atomic E-state index is 13.9. The monoisotopic (exact) mass is 398 g/mol. The standard InChI is InChI=1S/C16H19FN4O3S2/c1-20(11-7-8-26(23,24)10-11)14(22)9-25-16-19-18-15(21(16)2)12-5-3-4-6-13(12)17/h3-6,11H,7-10H2,1-2H3/t11-/m0/s1. The summed E-state index contributed by atoms with van der Waals surface area (Å²) in [5, 5.41) is 8.53. The molecule has 0 spiro atoms. The van der Waals surface area contributed by atoms with E-state index in [-0.39, 0.29) is 29.2 Å². The van der Waals surface area contributed by atoms with E-state index in [1.807, 2.05) is 0 Å². The Morgan fingerprint density at radius 3 is 2.77 bits per heavy atom. The predicted molar refractivity (Wildman–Crippen MR) is 96.9 cm³/mol. The number of thioether (sulfide) groups is 1. The summed E-state index contributed by atoms with van der Waals surface area (Å²) in [5.41, 5.74) is 0.342. The van der Waals surface area contributed by atoms with Crippen LogP contribution >= 0.6 is 11.8 Å². The van der Waals surface area contributed by atoms with Gasteiger partial charge in [0, 0.05) is 20.1 Å². The predicted octanol–water partition coefficient (Wildman–Crippen LogP) is 1.36. The molecule has 2 heterocycles. The molecule has 2 aromatic rings. The first-order chi connectivity index (χ1) is 12.3. The summed E-state index contributed by atoms with van der Waals surface area (Å²) in [5.74, 6) is 0.0635. The van der Waals surface area contributed by atoms with E-state index in [1.54, 1.807) is 36.9 Å². The van der Waals surface area contributed by atoms with Gasteiger partial charge in [-0.3, -0.25) is 4.79 Å². The molecule has 140 valence electrons. The fraction of sp³-hybridized carbons (Fsp3) is 0.438. The van der Waals surface area contributed by atoms with Crippen LogP contribution in [0.5, 0.6) is 0 Å². The van der Waals surface area contributed by atoms with Gasteiger partial charge in [0.1, 0.15) is 5.82 Å². The zero-order chi connectivity index (χ0) is 18.9. The van der Waals surface area contributed by atoms with Crippen LogP contribution < -0.4 is 0 Å². The van der Waals surface area contributed by atoms with Crippen molar-refractivity contribution >= 4 is 27.5 Å². The second kappa shape index (κ2) is 7.36. The van der Waals surface area contributed by atoms with Gasteiger partial charge in [-0.15, -0.1) is 10.2 Å². The lowest BCUT2D eigenvalue weighted by Gasteiger charge is -2.23. The number of aromatic nitrogens is 3. The highest BCUT2D eigenvalue weighted by molar-refractivity contribution is 7.99. The zero-order valence-electron chi connectivity index (χ0n) is 14.4. The molecule has 0 unspecified atom stereocenters. The van der Waals surface area contributed by atoms with E-state index in [1.165, 1.54) is 22.7 Å². The molecule has 10 heteroatoms. The molecule has 1 saturated heterocycles. The first-order valence-corrected chi connectivity index (χ1v) is 10.8. The number of halogens is 1. The third-order valence-electron chi connectivity index (χ3n) is 4.42. The Labute approximate surface area is 155 Å². The van der Waals surface area contributed by atoms with Crippen LogP contribution in [-0.4, -0.2) is 64.3 Å². The van der Waals surface area contributed by atoms with E-state index in [9.17, 15) is 17.6 Å².